The highest BCUT2D eigenvalue weighted by Crippen LogP contribution is 2.26. The Labute approximate surface area is 181 Å². The molecule has 2 N–H and O–H groups in total. The lowest BCUT2D eigenvalue weighted by molar-refractivity contribution is -0.125. The van der Waals surface area contributed by atoms with Gasteiger partial charge in [-0.05, 0) is 35.9 Å². The highest BCUT2D eigenvalue weighted by atomic mass is 35.5. The van der Waals surface area contributed by atoms with Crippen molar-refractivity contribution in [1.82, 2.24) is 10.3 Å². The first-order valence-corrected chi connectivity index (χ1v) is 10.2. The SMILES string of the molecule is O=C(COc1ccccc1)NCC(=O)Nc1ncc(Cc2cc(Cl)ccc2Cl)s1. The second kappa shape index (κ2) is 10.2. The lowest BCUT2D eigenvalue weighted by Gasteiger charge is -2.07. The van der Waals surface area contributed by atoms with E-state index >= 15 is 0 Å². The van der Waals surface area contributed by atoms with Gasteiger partial charge in [-0.3, -0.25) is 9.59 Å². The van der Waals surface area contributed by atoms with Gasteiger partial charge in [-0.1, -0.05) is 41.4 Å². The third-order valence-electron chi connectivity index (χ3n) is 3.73. The molecular formula is C20H17Cl2N3O3S. The van der Waals surface area contributed by atoms with Gasteiger partial charge in [-0.15, -0.1) is 11.3 Å². The molecule has 29 heavy (non-hydrogen) atoms. The summed E-state index contributed by atoms with van der Waals surface area (Å²) in [6.07, 6.45) is 2.23. The van der Waals surface area contributed by atoms with E-state index in [0.717, 1.165) is 10.4 Å². The molecule has 150 valence electrons. The van der Waals surface area contributed by atoms with Crippen LogP contribution < -0.4 is 15.4 Å². The standard InChI is InChI=1S/C20H17Cl2N3O3S/c21-14-6-7-17(22)13(8-14)9-16-10-24-20(29-16)25-18(26)11-23-19(27)12-28-15-4-2-1-3-5-15/h1-8,10H,9,11-12H2,(H,23,27)(H,24,25,26). The van der Waals surface area contributed by atoms with Crippen molar-refractivity contribution in [2.75, 3.05) is 18.5 Å². The topological polar surface area (TPSA) is 80.3 Å². The smallest absolute Gasteiger partial charge is 0.258 e. The van der Waals surface area contributed by atoms with Gasteiger partial charge in [0.05, 0.1) is 6.54 Å². The lowest BCUT2D eigenvalue weighted by Crippen LogP contribution is -2.35. The van der Waals surface area contributed by atoms with Gasteiger partial charge < -0.3 is 15.4 Å². The predicted molar refractivity (Wildman–Crippen MR) is 115 cm³/mol. The Balaban J connectivity index is 1.44. The molecule has 0 unspecified atom stereocenters. The van der Waals surface area contributed by atoms with E-state index in [-0.39, 0.29) is 25.0 Å². The number of rotatable bonds is 8. The summed E-state index contributed by atoms with van der Waals surface area (Å²) in [5, 5.41) is 6.83. The summed E-state index contributed by atoms with van der Waals surface area (Å²) in [6, 6.07) is 14.2. The quantitative estimate of drug-likeness (QED) is 0.540. The molecule has 0 saturated heterocycles. The Morgan fingerprint density at radius 2 is 1.86 bits per heavy atom. The first-order chi connectivity index (χ1) is 14.0. The van der Waals surface area contributed by atoms with E-state index in [1.54, 1.807) is 36.5 Å². The fourth-order valence-electron chi connectivity index (χ4n) is 2.37. The molecule has 0 saturated carbocycles. The number of aromatic nitrogens is 1. The molecule has 0 aliphatic heterocycles. The maximum atomic E-state index is 12.0. The molecule has 9 heteroatoms. The number of benzene rings is 2. The summed E-state index contributed by atoms with van der Waals surface area (Å²) >= 11 is 13.5. The Kier molecular flexibility index (Phi) is 7.46. The van der Waals surface area contributed by atoms with Crippen molar-refractivity contribution in [2.45, 2.75) is 6.42 Å². The number of anilines is 1. The Hall–Kier alpha value is -2.61. The number of hydrogen-bond acceptors (Lipinski definition) is 5. The average molecular weight is 450 g/mol. The van der Waals surface area contributed by atoms with Crippen LogP contribution in [0, 0.1) is 0 Å². The van der Waals surface area contributed by atoms with Gasteiger partial charge in [0.15, 0.2) is 11.7 Å². The number of hydrogen-bond donors (Lipinski definition) is 2. The van der Waals surface area contributed by atoms with Crippen LogP contribution in [0.25, 0.3) is 0 Å². The molecule has 1 aromatic heterocycles. The monoisotopic (exact) mass is 449 g/mol. The van der Waals surface area contributed by atoms with Crippen LogP contribution in [0.15, 0.2) is 54.7 Å². The maximum Gasteiger partial charge on any atom is 0.258 e. The maximum absolute atomic E-state index is 12.0. The summed E-state index contributed by atoms with van der Waals surface area (Å²) in [5.41, 5.74) is 0.881. The zero-order valence-corrected chi connectivity index (χ0v) is 17.5. The van der Waals surface area contributed by atoms with E-state index in [1.165, 1.54) is 11.3 Å². The molecule has 0 aliphatic carbocycles. The van der Waals surface area contributed by atoms with Gasteiger partial charge >= 0.3 is 0 Å². The summed E-state index contributed by atoms with van der Waals surface area (Å²) in [7, 11) is 0. The summed E-state index contributed by atoms with van der Waals surface area (Å²) in [4.78, 5) is 28.9. The molecule has 0 fully saturated rings. The molecule has 0 aliphatic rings. The van der Waals surface area contributed by atoms with Crippen LogP contribution in [0.1, 0.15) is 10.4 Å². The van der Waals surface area contributed by atoms with Crippen molar-refractivity contribution in [2.24, 2.45) is 0 Å². The van der Waals surface area contributed by atoms with Gasteiger partial charge in [-0.25, -0.2) is 4.98 Å². The zero-order valence-electron chi connectivity index (χ0n) is 15.2. The number of halogens is 2. The summed E-state index contributed by atoms with van der Waals surface area (Å²) in [6.45, 7) is -0.342. The number of para-hydroxylation sites is 1. The highest BCUT2D eigenvalue weighted by Gasteiger charge is 2.11. The number of nitrogens with zero attached hydrogens (tertiary/aromatic N) is 1. The van der Waals surface area contributed by atoms with Gasteiger partial charge in [0, 0.05) is 27.5 Å². The molecule has 1 heterocycles. The molecule has 2 amide bonds. The minimum atomic E-state index is -0.389. The largest absolute Gasteiger partial charge is 0.484 e. The van der Waals surface area contributed by atoms with E-state index < -0.39 is 0 Å². The summed E-state index contributed by atoms with van der Waals surface area (Å²) < 4.78 is 5.32. The first-order valence-electron chi connectivity index (χ1n) is 8.62. The molecule has 0 spiro atoms. The molecule has 0 atom stereocenters. The van der Waals surface area contributed by atoms with Gasteiger partial charge in [-0.2, -0.15) is 0 Å². The molecule has 3 aromatic rings. The number of ether oxygens (including phenoxy) is 1. The van der Waals surface area contributed by atoms with E-state index in [2.05, 4.69) is 15.6 Å². The van der Waals surface area contributed by atoms with Crippen LogP contribution in [-0.4, -0.2) is 29.9 Å². The second-order valence-corrected chi connectivity index (χ2v) is 7.93. The van der Waals surface area contributed by atoms with Gasteiger partial charge in [0.25, 0.3) is 5.91 Å². The zero-order chi connectivity index (χ0) is 20.6. The minimum absolute atomic E-state index is 0.168. The van der Waals surface area contributed by atoms with Crippen LogP contribution in [0.5, 0.6) is 5.75 Å². The Morgan fingerprint density at radius 3 is 2.66 bits per heavy atom. The molecule has 0 radical (unpaired) electrons. The molecule has 3 rings (SSSR count). The third kappa shape index (κ3) is 6.74. The average Bonchev–Trinajstić information content (AvgIpc) is 3.15. The van der Waals surface area contributed by atoms with Crippen LogP contribution in [-0.2, 0) is 16.0 Å². The van der Waals surface area contributed by atoms with Crippen LogP contribution in [0.2, 0.25) is 10.0 Å². The van der Waals surface area contributed by atoms with Crippen molar-refractivity contribution in [3.63, 3.8) is 0 Å². The fraction of sp³-hybridized carbons (Fsp3) is 0.150. The second-order valence-electron chi connectivity index (χ2n) is 5.97. The fourth-order valence-corrected chi connectivity index (χ4v) is 3.60. The van der Waals surface area contributed by atoms with Crippen LogP contribution in [0.3, 0.4) is 0 Å². The van der Waals surface area contributed by atoms with E-state index in [4.69, 9.17) is 27.9 Å². The van der Waals surface area contributed by atoms with Crippen molar-refractivity contribution in [3.05, 3.63) is 75.2 Å². The van der Waals surface area contributed by atoms with Crippen molar-refractivity contribution in [3.8, 4) is 5.75 Å². The lowest BCUT2D eigenvalue weighted by atomic mass is 10.1. The number of carbonyl (C=O) groups excluding carboxylic acids is 2. The van der Waals surface area contributed by atoms with E-state index in [0.29, 0.717) is 27.3 Å². The molecule has 6 nitrogen and oxygen atoms in total. The van der Waals surface area contributed by atoms with Gasteiger partial charge in [0.1, 0.15) is 5.75 Å². The molecule has 2 aromatic carbocycles. The summed E-state index contributed by atoms with van der Waals surface area (Å²) in [5.74, 6) is -0.179. The minimum Gasteiger partial charge on any atom is -0.484 e. The van der Waals surface area contributed by atoms with Crippen LogP contribution >= 0.6 is 34.5 Å². The number of carbonyl (C=O) groups is 2. The van der Waals surface area contributed by atoms with Gasteiger partial charge in [0.2, 0.25) is 5.91 Å². The van der Waals surface area contributed by atoms with Crippen molar-refractivity contribution >= 4 is 51.5 Å². The van der Waals surface area contributed by atoms with Crippen molar-refractivity contribution < 1.29 is 14.3 Å². The number of nitrogens with one attached hydrogen (secondary N) is 2. The number of amides is 2. The van der Waals surface area contributed by atoms with E-state index in [1.807, 2.05) is 18.2 Å². The first kappa shape index (κ1) is 21.1. The molecule has 0 bridgehead atoms. The Morgan fingerprint density at radius 1 is 1.07 bits per heavy atom. The third-order valence-corrected chi connectivity index (χ3v) is 5.25. The highest BCUT2D eigenvalue weighted by molar-refractivity contribution is 7.15. The van der Waals surface area contributed by atoms with Crippen LogP contribution in [0.4, 0.5) is 5.13 Å². The molecular weight excluding hydrogens is 433 g/mol. The van der Waals surface area contributed by atoms with E-state index in [9.17, 15) is 9.59 Å². The normalized spacial score (nSPS) is 10.4. The van der Waals surface area contributed by atoms with Crippen molar-refractivity contribution in [1.29, 1.82) is 0 Å². The predicted octanol–water partition coefficient (Wildman–Crippen LogP) is 4.17. The number of thiazole rings is 1. The Bertz CT molecular complexity index is 996.